The van der Waals surface area contributed by atoms with Crippen molar-refractivity contribution in [2.45, 2.75) is 177 Å². The molecule has 3 heterocycles. The molecular weight excluding hydrogens is 1450 g/mol. The number of benzene rings is 3. The molecule has 0 radical (unpaired) electrons. The number of halogens is 1. The molecule has 1 aromatic heterocycles. The monoisotopic (exact) mass is 1540 g/mol. The van der Waals surface area contributed by atoms with Gasteiger partial charge in [-0.2, -0.15) is 0 Å². The van der Waals surface area contributed by atoms with E-state index in [1.807, 2.05) is 36.4 Å². The fourth-order valence-corrected chi connectivity index (χ4v) is 12.4. The lowest BCUT2D eigenvalue weighted by molar-refractivity contribution is -0.142. The predicted octanol–water partition coefficient (Wildman–Crippen LogP) is -2.68. The second-order valence-electron chi connectivity index (χ2n) is 27.0. The largest absolute Gasteiger partial charge is 0.370 e. The fourth-order valence-electron chi connectivity index (χ4n) is 12.3. The predicted molar refractivity (Wildman–Crippen MR) is 402 cm³/mol. The van der Waals surface area contributed by atoms with Crippen LogP contribution in [-0.4, -0.2) is 204 Å². The molecule has 3 aromatic carbocycles. The van der Waals surface area contributed by atoms with Crippen LogP contribution in [0.5, 0.6) is 0 Å². The number of azide groups is 1. The van der Waals surface area contributed by atoms with E-state index in [1.165, 1.54) is 30.3 Å². The third-order valence-corrected chi connectivity index (χ3v) is 18.1. The average molecular weight is 1550 g/mol. The Balaban J connectivity index is 1.37. The minimum Gasteiger partial charge on any atom is -0.370 e. The molecule has 1 unspecified atom stereocenters. The van der Waals surface area contributed by atoms with Gasteiger partial charge in [0.15, 0.2) is 11.9 Å². The first-order chi connectivity index (χ1) is 52.4. The van der Waals surface area contributed by atoms with E-state index in [0.29, 0.717) is 28.1 Å². The van der Waals surface area contributed by atoms with E-state index in [0.717, 1.165) is 10.8 Å². The van der Waals surface area contributed by atoms with Crippen LogP contribution in [0.25, 0.3) is 21.2 Å². The number of nitrogens with one attached hydrogen (secondary N) is 15. The molecular formula is C71H97ClN24O14. The van der Waals surface area contributed by atoms with Crippen LogP contribution in [0, 0.1) is 16.7 Å². The molecule has 2 saturated heterocycles. The Labute approximate surface area is 638 Å². The maximum absolute atomic E-state index is 15.1. The summed E-state index contributed by atoms with van der Waals surface area (Å²) in [5, 5.41) is 54.3. The summed E-state index contributed by atoms with van der Waals surface area (Å²) in [6, 6.07) is 5.29. The van der Waals surface area contributed by atoms with Gasteiger partial charge in [-0.15, -0.1) is 0 Å². The second-order valence-corrected chi connectivity index (χ2v) is 27.4. The van der Waals surface area contributed by atoms with E-state index < -0.39 is 180 Å². The molecule has 2 aliphatic rings. The van der Waals surface area contributed by atoms with Crippen molar-refractivity contribution in [2.75, 3.05) is 32.7 Å². The van der Waals surface area contributed by atoms with Crippen molar-refractivity contribution in [3.05, 3.63) is 123 Å². The number of rotatable bonds is 32. The number of hydrogen-bond donors (Lipinski definition) is 19. The van der Waals surface area contributed by atoms with Gasteiger partial charge in [0.1, 0.15) is 66.5 Å². The van der Waals surface area contributed by atoms with Crippen molar-refractivity contribution in [1.29, 1.82) is 10.8 Å². The SMILES string of the molecule is CC(=O)N[C@H](Cc1ccc2ccccc2c1)C(=O)N[C@H](Cc1ccc(Cl)cc1)C(=O)N[C@H](Cc1cccnc1)C(=O)N[C@@H](CC(=O)N=[N+]=[N-])C(=O)N[C@H]1CCC(=O)N[C@@H](CCCNC(=N)N)C(=O)NCC[C@@H](C(=O)N2CCC[C@H]2C(=O)NC(CN)C(N)=O)NC(=O)[C@H](CC(C)C)NC(=O)[C@@H](CCCNC(=N)N)NC1=O. The van der Waals surface area contributed by atoms with Crippen molar-refractivity contribution in [1.82, 2.24) is 79.0 Å². The molecule has 38 nitrogen and oxygen atoms in total. The van der Waals surface area contributed by atoms with Gasteiger partial charge >= 0.3 is 0 Å². The minimum atomic E-state index is -2.11. The Bertz CT molecular complexity index is 4040. The quantitative estimate of drug-likeness (QED) is 0.00591. The molecule has 0 spiro atoms. The van der Waals surface area contributed by atoms with E-state index in [2.05, 4.69) is 84.1 Å². The Hall–Kier alpha value is -12.0. The van der Waals surface area contributed by atoms with Crippen LogP contribution in [-0.2, 0) is 86.4 Å². The lowest BCUT2D eigenvalue weighted by atomic mass is 9.99. The smallest absolute Gasteiger partial charge is 0.245 e. The zero-order chi connectivity index (χ0) is 80.6. The Kier molecular flexibility index (Phi) is 34.5. The van der Waals surface area contributed by atoms with Gasteiger partial charge in [0.2, 0.25) is 82.7 Å². The number of carbonyl (C=O) groups is 14. The van der Waals surface area contributed by atoms with Crippen LogP contribution in [0.3, 0.4) is 0 Å². The molecule has 110 heavy (non-hydrogen) atoms. The number of hydrogen-bond acceptors (Lipinski definition) is 18. The first-order valence-electron chi connectivity index (χ1n) is 35.8. The topological polar surface area (TPSA) is 612 Å². The molecule has 23 N–H and O–H groups in total. The zero-order valence-corrected chi connectivity index (χ0v) is 61.9. The maximum Gasteiger partial charge on any atom is 0.245 e. The molecule has 39 heteroatoms. The van der Waals surface area contributed by atoms with Gasteiger partial charge in [-0.05, 0) is 120 Å². The van der Waals surface area contributed by atoms with E-state index in [4.69, 9.17) is 45.4 Å². The number of pyridine rings is 1. The Morgan fingerprint density at radius 3 is 1.83 bits per heavy atom. The van der Waals surface area contributed by atoms with Crippen molar-refractivity contribution < 1.29 is 67.1 Å². The Morgan fingerprint density at radius 1 is 0.655 bits per heavy atom. The van der Waals surface area contributed by atoms with Gasteiger partial charge in [0.05, 0.1) is 0 Å². The lowest BCUT2D eigenvalue weighted by Crippen LogP contribution is -2.61. The summed E-state index contributed by atoms with van der Waals surface area (Å²) in [5.74, 6) is -14.8. The van der Waals surface area contributed by atoms with Crippen LogP contribution in [0.2, 0.25) is 5.02 Å². The average Bonchev–Trinajstić information content (AvgIpc) is 1.15. The number of fused-ring (bicyclic) bond motifs is 1. The molecule has 2 aliphatic heterocycles. The van der Waals surface area contributed by atoms with Crippen molar-refractivity contribution in [3.8, 4) is 0 Å². The van der Waals surface area contributed by atoms with E-state index in [1.54, 1.807) is 50.2 Å². The number of nitrogens with two attached hydrogens (primary N) is 4. The first kappa shape index (κ1) is 86.9. The highest BCUT2D eigenvalue weighted by Crippen LogP contribution is 2.22. The van der Waals surface area contributed by atoms with Gasteiger partial charge in [-0.25, -0.2) is 0 Å². The number of guanidine groups is 2. The highest BCUT2D eigenvalue weighted by molar-refractivity contribution is 6.30. The van der Waals surface area contributed by atoms with Crippen LogP contribution >= 0.6 is 11.6 Å². The van der Waals surface area contributed by atoms with E-state index in [9.17, 15) is 58.3 Å². The number of aromatic nitrogens is 1. The summed E-state index contributed by atoms with van der Waals surface area (Å²) in [7, 11) is 0. The highest BCUT2D eigenvalue weighted by atomic mass is 35.5. The fraction of sp³-hybridized carbons (Fsp3) is 0.479. The third-order valence-electron chi connectivity index (χ3n) is 17.9. The number of primary amides is 1. The zero-order valence-electron chi connectivity index (χ0n) is 61.2. The van der Waals surface area contributed by atoms with E-state index in [-0.39, 0.29) is 103 Å². The molecule has 2 fully saturated rings. The molecule has 0 saturated carbocycles. The second kappa shape index (κ2) is 43.7. The van der Waals surface area contributed by atoms with Gasteiger partial charge in [0.25, 0.3) is 0 Å². The molecule has 592 valence electrons. The summed E-state index contributed by atoms with van der Waals surface area (Å²) in [6.45, 7) is 3.92. The van der Waals surface area contributed by atoms with Crippen molar-refractivity contribution in [3.63, 3.8) is 0 Å². The standard InChI is InChI=1S/C71H97ClN24O14/c1-38(2)30-50-63(104)88-49(69(110)96-29-9-15-56(96)68(109)93-55(36-73)59(74)100)24-28-81-60(101)46(13-7-26-82-70(75)76)85-57(98)23-22-48(62(103)86-47(61(102)89-50)14-8-27-83-71(77)78)87-67(108)54(35-58(99)94-95-79)92-66(107)53(34-42-10-6-25-80-37-42)91-65(106)52(32-40-17-20-45(72)21-18-40)90-64(105)51(84-39(3)97)33-41-16-19-43-11-4-5-12-44(43)31-41/h4-6,10-12,16-21,25,31,37-38,46-56H,7-9,13-15,22-24,26-30,32-36,73H2,1-3H3,(H2,74,100)(H,81,101)(H,84,97)(H,85,98)(H,86,103)(H,87,108)(H,88,104)(H,89,102)(H,90,105)(H,91,106)(H,92,107)(H,93,109)(H4,75,76,82)(H4,77,78,83)/t46-,47+,48-,49-,50-,51+,52+,53+,54-,55?,56-/m0/s1. The van der Waals surface area contributed by atoms with Crippen molar-refractivity contribution in [2.24, 2.45) is 34.0 Å². The summed E-state index contributed by atoms with van der Waals surface area (Å²) in [6.07, 6.45) is -0.672. The van der Waals surface area contributed by atoms with Crippen LogP contribution < -0.4 is 92.1 Å². The molecule has 14 amide bonds. The Morgan fingerprint density at radius 2 is 1.24 bits per heavy atom. The van der Waals surface area contributed by atoms with Gasteiger partial charge < -0.3 is 97.0 Å². The number of amides is 14. The van der Waals surface area contributed by atoms with Crippen molar-refractivity contribution >= 4 is 117 Å². The molecule has 6 rings (SSSR count). The van der Waals surface area contributed by atoms with E-state index >= 15 is 14.4 Å². The van der Waals surface area contributed by atoms with Crippen LogP contribution in [0.4, 0.5) is 0 Å². The number of carbonyl (C=O) groups excluding carboxylic acids is 14. The lowest BCUT2D eigenvalue weighted by Gasteiger charge is -2.31. The maximum atomic E-state index is 15.1. The van der Waals surface area contributed by atoms with Gasteiger partial charge in [-0.1, -0.05) is 86.1 Å². The summed E-state index contributed by atoms with van der Waals surface area (Å²) >= 11 is 6.24. The first-order valence-corrected chi connectivity index (χ1v) is 36.2. The minimum absolute atomic E-state index is 0.00202. The summed E-state index contributed by atoms with van der Waals surface area (Å²) in [5.41, 5.74) is 33.1. The van der Waals surface area contributed by atoms with Crippen LogP contribution in [0.15, 0.2) is 96.4 Å². The molecule has 4 aromatic rings. The molecule has 0 bridgehead atoms. The summed E-state index contributed by atoms with van der Waals surface area (Å²) < 4.78 is 0. The van der Waals surface area contributed by atoms with Gasteiger partial charge in [0, 0.05) is 94.1 Å². The number of nitrogens with zero attached hydrogens (tertiary/aromatic N) is 5. The van der Waals surface area contributed by atoms with Crippen LogP contribution in [0.1, 0.15) is 108 Å². The molecule has 11 atom stereocenters. The van der Waals surface area contributed by atoms with Gasteiger partial charge in [-0.3, -0.25) is 82.9 Å². The molecule has 0 aliphatic carbocycles. The summed E-state index contributed by atoms with van der Waals surface area (Å²) in [4.78, 5) is 207. The normalized spacial score (nSPS) is 19.3. The highest BCUT2D eigenvalue weighted by Gasteiger charge is 2.41. The number of likely N-dealkylation sites (tertiary alicyclic amines) is 1. The third kappa shape index (κ3) is 28.6.